The van der Waals surface area contributed by atoms with E-state index >= 15 is 0 Å². The fourth-order valence-corrected chi connectivity index (χ4v) is 2.05. The van der Waals surface area contributed by atoms with E-state index in [-0.39, 0.29) is 5.92 Å². The van der Waals surface area contributed by atoms with E-state index in [1.54, 1.807) is 7.11 Å². The lowest BCUT2D eigenvalue weighted by atomic mass is 9.91. The van der Waals surface area contributed by atoms with Crippen molar-refractivity contribution in [2.75, 3.05) is 13.7 Å². The summed E-state index contributed by atoms with van der Waals surface area (Å²) in [6.07, 6.45) is 5.61. The quantitative estimate of drug-likeness (QED) is 0.656. The molecule has 0 aromatic heterocycles. The molecular formula is C11H20O2. The van der Waals surface area contributed by atoms with Crippen LogP contribution in [0.3, 0.4) is 0 Å². The summed E-state index contributed by atoms with van der Waals surface area (Å²) in [6.45, 7) is 2.74. The lowest BCUT2D eigenvalue weighted by Gasteiger charge is -2.14. The Hall–Kier alpha value is -0.370. The van der Waals surface area contributed by atoms with Crippen molar-refractivity contribution in [1.29, 1.82) is 0 Å². The average molecular weight is 184 g/mol. The molecule has 1 saturated carbocycles. The minimum atomic E-state index is 0.197. The van der Waals surface area contributed by atoms with Gasteiger partial charge in [0.25, 0.3) is 0 Å². The van der Waals surface area contributed by atoms with Crippen molar-refractivity contribution in [3.05, 3.63) is 0 Å². The molecule has 0 aromatic carbocycles. The van der Waals surface area contributed by atoms with E-state index in [9.17, 15) is 4.79 Å². The summed E-state index contributed by atoms with van der Waals surface area (Å²) in [4.78, 5) is 11.8. The number of Topliss-reactive ketones (excluding diaryl/α,β-unsaturated/α-hetero) is 1. The molecule has 0 heterocycles. The molecule has 0 bridgehead atoms. The summed E-state index contributed by atoms with van der Waals surface area (Å²) in [7, 11) is 1.69. The molecule has 2 nitrogen and oxygen atoms in total. The van der Waals surface area contributed by atoms with E-state index in [0.29, 0.717) is 18.3 Å². The Labute approximate surface area is 80.7 Å². The van der Waals surface area contributed by atoms with Crippen LogP contribution in [0.15, 0.2) is 0 Å². The minimum absolute atomic E-state index is 0.197. The second kappa shape index (κ2) is 5.38. The lowest BCUT2D eigenvalue weighted by Crippen LogP contribution is -2.20. The Kier molecular flexibility index (Phi) is 4.43. The van der Waals surface area contributed by atoms with Crippen LogP contribution in [0.1, 0.15) is 39.0 Å². The SMILES string of the molecule is COCCC(C)C(=O)C1CCCC1. The van der Waals surface area contributed by atoms with E-state index in [4.69, 9.17) is 4.74 Å². The van der Waals surface area contributed by atoms with Crippen LogP contribution in [-0.2, 0) is 9.53 Å². The number of rotatable bonds is 5. The van der Waals surface area contributed by atoms with Gasteiger partial charge in [0.1, 0.15) is 5.78 Å². The number of hydrogen-bond donors (Lipinski definition) is 0. The minimum Gasteiger partial charge on any atom is -0.385 e. The fourth-order valence-electron chi connectivity index (χ4n) is 2.05. The summed E-state index contributed by atoms with van der Waals surface area (Å²) in [5, 5.41) is 0. The molecule has 0 N–H and O–H groups in total. The molecule has 0 spiro atoms. The molecule has 1 rings (SSSR count). The second-order valence-electron chi connectivity index (χ2n) is 4.07. The molecule has 2 heteroatoms. The molecule has 1 aliphatic carbocycles. The van der Waals surface area contributed by atoms with Crippen molar-refractivity contribution < 1.29 is 9.53 Å². The summed E-state index contributed by atoms with van der Waals surface area (Å²) < 4.78 is 4.97. The van der Waals surface area contributed by atoms with Crippen LogP contribution in [0.2, 0.25) is 0 Å². The van der Waals surface area contributed by atoms with Crippen LogP contribution in [0.25, 0.3) is 0 Å². The van der Waals surface area contributed by atoms with Gasteiger partial charge in [-0.2, -0.15) is 0 Å². The number of ketones is 1. The summed E-state index contributed by atoms with van der Waals surface area (Å²) in [6, 6.07) is 0. The maximum atomic E-state index is 11.8. The predicted molar refractivity (Wildman–Crippen MR) is 52.6 cm³/mol. The Balaban J connectivity index is 2.28. The molecule has 13 heavy (non-hydrogen) atoms. The first-order chi connectivity index (χ1) is 6.25. The van der Waals surface area contributed by atoms with Crippen LogP contribution in [0.5, 0.6) is 0 Å². The third-order valence-corrected chi connectivity index (χ3v) is 3.00. The summed E-state index contributed by atoms with van der Waals surface area (Å²) >= 11 is 0. The highest BCUT2D eigenvalue weighted by Gasteiger charge is 2.26. The van der Waals surface area contributed by atoms with Crippen molar-refractivity contribution in [3.63, 3.8) is 0 Å². The second-order valence-corrected chi connectivity index (χ2v) is 4.07. The molecule has 0 amide bonds. The molecule has 0 aliphatic heterocycles. The van der Waals surface area contributed by atoms with Gasteiger partial charge < -0.3 is 4.74 Å². The fraction of sp³-hybridized carbons (Fsp3) is 0.909. The van der Waals surface area contributed by atoms with Gasteiger partial charge >= 0.3 is 0 Å². The van der Waals surface area contributed by atoms with Crippen molar-refractivity contribution in [3.8, 4) is 0 Å². The maximum absolute atomic E-state index is 11.8. The van der Waals surface area contributed by atoms with Gasteiger partial charge in [0, 0.05) is 25.6 Å². The Morgan fingerprint density at radius 2 is 2.08 bits per heavy atom. The van der Waals surface area contributed by atoms with Gasteiger partial charge in [0.2, 0.25) is 0 Å². The number of ether oxygens (including phenoxy) is 1. The normalized spacial score (nSPS) is 20.5. The summed E-state index contributed by atoms with van der Waals surface area (Å²) in [5.74, 6) is 1.03. The van der Waals surface area contributed by atoms with Gasteiger partial charge in [0.15, 0.2) is 0 Å². The third kappa shape index (κ3) is 3.11. The van der Waals surface area contributed by atoms with Crippen molar-refractivity contribution in [1.82, 2.24) is 0 Å². The van der Waals surface area contributed by atoms with Crippen molar-refractivity contribution in [2.24, 2.45) is 11.8 Å². The molecule has 76 valence electrons. The first-order valence-electron chi connectivity index (χ1n) is 5.28. The van der Waals surface area contributed by atoms with Crippen LogP contribution >= 0.6 is 0 Å². The van der Waals surface area contributed by atoms with E-state index in [1.807, 2.05) is 6.92 Å². The van der Waals surface area contributed by atoms with Crippen LogP contribution < -0.4 is 0 Å². The molecule has 0 saturated heterocycles. The van der Waals surface area contributed by atoms with Crippen LogP contribution in [0.4, 0.5) is 0 Å². The molecule has 1 unspecified atom stereocenters. The van der Waals surface area contributed by atoms with Crippen molar-refractivity contribution >= 4 is 5.78 Å². The Bertz CT molecular complexity index is 159. The van der Waals surface area contributed by atoms with Gasteiger partial charge in [-0.25, -0.2) is 0 Å². The summed E-state index contributed by atoms with van der Waals surface area (Å²) in [5.41, 5.74) is 0. The standard InChI is InChI=1S/C11H20O2/c1-9(7-8-13-2)11(12)10-5-3-4-6-10/h9-10H,3-8H2,1-2H3. The predicted octanol–water partition coefficient (Wildman–Crippen LogP) is 2.42. The van der Waals surface area contributed by atoms with E-state index in [0.717, 1.165) is 19.3 Å². The number of carbonyl (C=O) groups excluding carboxylic acids is 1. The number of hydrogen-bond acceptors (Lipinski definition) is 2. The Morgan fingerprint density at radius 1 is 1.46 bits per heavy atom. The van der Waals surface area contributed by atoms with E-state index < -0.39 is 0 Å². The Morgan fingerprint density at radius 3 is 2.62 bits per heavy atom. The first-order valence-corrected chi connectivity index (χ1v) is 5.28. The molecular weight excluding hydrogens is 164 g/mol. The average Bonchev–Trinajstić information content (AvgIpc) is 2.65. The topological polar surface area (TPSA) is 26.3 Å². The number of carbonyl (C=O) groups is 1. The zero-order chi connectivity index (χ0) is 9.68. The molecule has 1 aliphatic rings. The molecule has 0 aromatic rings. The highest BCUT2D eigenvalue weighted by atomic mass is 16.5. The molecule has 1 atom stereocenters. The van der Waals surface area contributed by atoms with Gasteiger partial charge in [-0.3, -0.25) is 4.79 Å². The van der Waals surface area contributed by atoms with Gasteiger partial charge in [-0.1, -0.05) is 19.8 Å². The smallest absolute Gasteiger partial charge is 0.138 e. The number of methoxy groups -OCH3 is 1. The van der Waals surface area contributed by atoms with Gasteiger partial charge in [0.05, 0.1) is 0 Å². The van der Waals surface area contributed by atoms with E-state index in [1.165, 1.54) is 12.8 Å². The highest BCUT2D eigenvalue weighted by Crippen LogP contribution is 2.28. The molecule has 1 fully saturated rings. The lowest BCUT2D eigenvalue weighted by molar-refractivity contribution is -0.126. The zero-order valence-corrected chi connectivity index (χ0v) is 8.71. The van der Waals surface area contributed by atoms with Gasteiger partial charge in [-0.15, -0.1) is 0 Å². The monoisotopic (exact) mass is 184 g/mol. The largest absolute Gasteiger partial charge is 0.385 e. The van der Waals surface area contributed by atoms with Crippen LogP contribution in [0, 0.1) is 11.8 Å². The zero-order valence-electron chi connectivity index (χ0n) is 8.71. The first kappa shape index (κ1) is 10.7. The van der Waals surface area contributed by atoms with E-state index in [2.05, 4.69) is 0 Å². The van der Waals surface area contributed by atoms with Gasteiger partial charge in [-0.05, 0) is 19.3 Å². The highest BCUT2D eigenvalue weighted by molar-refractivity contribution is 5.83. The third-order valence-electron chi connectivity index (χ3n) is 3.00. The maximum Gasteiger partial charge on any atom is 0.138 e. The molecule has 0 radical (unpaired) electrons. The van der Waals surface area contributed by atoms with Crippen molar-refractivity contribution in [2.45, 2.75) is 39.0 Å². The van der Waals surface area contributed by atoms with Crippen LogP contribution in [-0.4, -0.2) is 19.5 Å².